The van der Waals surface area contributed by atoms with Crippen molar-refractivity contribution in [2.24, 2.45) is 0 Å². The molecule has 1 atom stereocenters. The Labute approximate surface area is 182 Å². The largest absolute Gasteiger partial charge is 0.378 e. The van der Waals surface area contributed by atoms with E-state index in [2.05, 4.69) is 38.3 Å². The van der Waals surface area contributed by atoms with E-state index in [-0.39, 0.29) is 27.1 Å². The van der Waals surface area contributed by atoms with Crippen molar-refractivity contribution in [2.75, 3.05) is 10.6 Å². The molecule has 156 valence electrons. The molecule has 0 radical (unpaired) electrons. The van der Waals surface area contributed by atoms with Gasteiger partial charge in [-0.25, -0.2) is 0 Å². The molecule has 4 rings (SSSR count). The molecule has 2 aliphatic heterocycles. The number of nitrogens with one attached hydrogen (secondary N) is 2. The van der Waals surface area contributed by atoms with Crippen molar-refractivity contribution in [3.8, 4) is 0 Å². The first kappa shape index (κ1) is 20.7. The summed E-state index contributed by atoms with van der Waals surface area (Å²) in [6.45, 7) is 10.5. The third-order valence-corrected chi connectivity index (χ3v) is 7.05. The van der Waals surface area contributed by atoms with Crippen molar-refractivity contribution in [2.45, 2.75) is 56.6 Å². The van der Waals surface area contributed by atoms with Crippen LogP contribution in [0.15, 0.2) is 59.8 Å². The minimum Gasteiger partial charge on any atom is -0.378 e. The van der Waals surface area contributed by atoms with Crippen LogP contribution in [0.3, 0.4) is 0 Å². The predicted molar refractivity (Wildman–Crippen MR) is 125 cm³/mol. The standard InChI is InChI=1S/C25H28N2O2S/c1-15-22(28)21(25(4,5)30-15)20-14-24(2,3)27-19-13-17(11-12-18(19)26-20)23(29)16-9-7-6-8-10-16/h6-13,15,26-27H,14H2,1-5H3/b21-20+. The number of hydrogen-bond acceptors (Lipinski definition) is 5. The number of Topliss-reactive ketones (excluding diaryl/α,β-unsaturated/α-hetero) is 1. The van der Waals surface area contributed by atoms with Gasteiger partial charge in [0.05, 0.1) is 16.6 Å². The molecule has 0 saturated carbocycles. The van der Waals surface area contributed by atoms with Gasteiger partial charge in [-0.1, -0.05) is 30.3 Å². The average Bonchev–Trinajstić information content (AvgIpc) is 2.80. The molecule has 2 aromatic carbocycles. The molecule has 1 saturated heterocycles. The fourth-order valence-electron chi connectivity index (χ4n) is 4.43. The van der Waals surface area contributed by atoms with E-state index < -0.39 is 0 Å². The summed E-state index contributed by atoms with van der Waals surface area (Å²) in [7, 11) is 0. The number of carbonyl (C=O) groups is 2. The van der Waals surface area contributed by atoms with Crippen molar-refractivity contribution in [1.82, 2.24) is 0 Å². The van der Waals surface area contributed by atoms with Gasteiger partial charge in [-0.2, -0.15) is 0 Å². The second kappa shape index (κ2) is 7.31. The van der Waals surface area contributed by atoms with Gasteiger partial charge in [0.15, 0.2) is 11.6 Å². The molecule has 30 heavy (non-hydrogen) atoms. The van der Waals surface area contributed by atoms with E-state index in [9.17, 15) is 9.59 Å². The molecular weight excluding hydrogens is 392 g/mol. The van der Waals surface area contributed by atoms with Crippen LogP contribution in [0, 0.1) is 0 Å². The van der Waals surface area contributed by atoms with E-state index in [1.54, 1.807) is 11.8 Å². The van der Waals surface area contributed by atoms with Gasteiger partial charge in [-0.3, -0.25) is 9.59 Å². The number of rotatable bonds is 2. The minimum atomic E-state index is -0.276. The number of anilines is 2. The van der Waals surface area contributed by atoms with Gasteiger partial charge in [0.1, 0.15) is 0 Å². The van der Waals surface area contributed by atoms with E-state index in [4.69, 9.17) is 0 Å². The van der Waals surface area contributed by atoms with Crippen molar-refractivity contribution >= 4 is 34.7 Å². The van der Waals surface area contributed by atoms with Crippen LogP contribution in [-0.2, 0) is 4.79 Å². The second-order valence-electron chi connectivity index (χ2n) is 9.25. The summed E-state index contributed by atoms with van der Waals surface area (Å²) < 4.78 is -0.233. The molecule has 2 aliphatic rings. The van der Waals surface area contributed by atoms with Crippen LogP contribution in [0.2, 0.25) is 0 Å². The number of ketones is 2. The highest BCUT2D eigenvalue weighted by molar-refractivity contribution is 8.02. The first-order valence-corrected chi connectivity index (χ1v) is 11.2. The van der Waals surface area contributed by atoms with Gasteiger partial charge in [0.2, 0.25) is 0 Å². The Morgan fingerprint density at radius 3 is 2.33 bits per heavy atom. The number of carbonyl (C=O) groups excluding carboxylic acids is 2. The first-order valence-electron chi connectivity index (χ1n) is 10.3. The van der Waals surface area contributed by atoms with Gasteiger partial charge in [-0.05, 0) is 52.8 Å². The van der Waals surface area contributed by atoms with Crippen molar-refractivity contribution < 1.29 is 9.59 Å². The molecule has 0 spiro atoms. The lowest BCUT2D eigenvalue weighted by Gasteiger charge is -2.28. The van der Waals surface area contributed by atoms with Crippen molar-refractivity contribution in [3.05, 3.63) is 70.9 Å². The van der Waals surface area contributed by atoms with Crippen LogP contribution in [0.25, 0.3) is 0 Å². The van der Waals surface area contributed by atoms with Crippen LogP contribution in [-0.4, -0.2) is 27.1 Å². The molecule has 2 aromatic rings. The van der Waals surface area contributed by atoms with Crippen LogP contribution in [0.4, 0.5) is 11.4 Å². The molecule has 5 heteroatoms. The lowest BCUT2D eigenvalue weighted by molar-refractivity contribution is -0.114. The summed E-state index contributed by atoms with van der Waals surface area (Å²) in [5, 5.41) is 7.09. The van der Waals surface area contributed by atoms with E-state index >= 15 is 0 Å². The van der Waals surface area contributed by atoms with Gasteiger partial charge < -0.3 is 10.6 Å². The monoisotopic (exact) mass is 420 g/mol. The van der Waals surface area contributed by atoms with E-state index in [0.717, 1.165) is 22.6 Å². The predicted octanol–water partition coefficient (Wildman–Crippen LogP) is 5.66. The fourth-order valence-corrected chi connectivity index (χ4v) is 5.88. The third kappa shape index (κ3) is 3.79. The lowest BCUT2D eigenvalue weighted by atomic mass is 9.89. The lowest BCUT2D eigenvalue weighted by Crippen LogP contribution is -2.32. The summed E-state index contributed by atoms with van der Waals surface area (Å²) >= 11 is 1.71. The molecule has 0 aromatic heterocycles. The van der Waals surface area contributed by atoms with Crippen molar-refractivity contribution in [1.29, 1.82) is 0 Å². The van der Waals surface area contributed by atoms with Crippen LogP contribution in [0.5, 0.6) is 0 Å². The Bertz CT molecular complexity index is 1050. The first-order chi connectivity index (χ1) is 14.1. The highest BCUT2D eigenvalue weighted by atomic mass is 32.2. The molecule has 4 nitrogen and oxygen atoms in total. The Balaban J connectivity index is 1.77. The number of fused-ring (bicyclic) bond motifs is 1. The summed E-state index contributed by atoms with van der Waals surface area (Å²) in [6.07, 6.45) is 0.696. The normalized spacial score (nSPS) is 24.4. The molecule has 0 aliphatic carbocycles. The maximum Gasteiger partial charge on any atom is 0.193 e. The Morgan fingerprint density at radius 1 is 1.00 bits per heavy atom. The van der Waals surface area contributed by atoms with Crippen LogP contribution in [0.1, 0.15) is 57.0 Å². The summed E-state index contributed by atoms with van der Waals surface area (Å²) in [6, 6.07) is 15.0. The SMILES string of the molecule is CC1SC(C)(C)/C(=C2\CC(C)(C)Nc3cc(C(=O)c4ccccc4)ccc3N2)C1=O. The zero-order valence-corrected chi connectivity index (χ0v) is 18.9. The van der Waals surface area contributed by atoms with Crippen LogP contribution >= 0.6 is 11.8 Å². The van der Waals surface area contributed by atoms with Crippen molar-refractivity contribution in [3.63, 3.8) is 0 Å². The summed E-state index contributed by atoms with van der Waals surface area (Å²) in [5.74, 6) is 0.209. The number of benzene rings is 2. The Morgan fingerprint density at radius 2 is 1.70 bits per heavy atom. The summed E-state index contributed by atoms with van der Waals surface area (Å²) in [5.41, 5.74) is 4.66. The number of hydrogen-bond donors (Lipinski definition) is 2. The van der Waals surface area contributed by atoms with E-state index in [1.807, 2.05) is 55.5 Å². The number of thioether (sulfide) groups is 1. The van der Waals surface area contributed by atoms with Gasteiger partial charge >= 0.3 is 0 Å². The molecule has 0 bridgehead atoms. The van der Waals surface area contributed by atoms with Crippen LogP contribution < -0.4 is 10.6 Å². The summed E-state index contributed by atoms with van der Waals surface area (Å²) in [4.78, 5) is 25.9. The average molecular weight is 421 g/mol. The molecule has 2 heterocycles. The topological polar surface area (TPSA) is 58.2 Å². The Hall–Kier alpha value is -2.53. The fraction of sp³-hybridized carbons (Fsp3) is 0.360. The Kier molecular flexibility index (Phi) is 5.05. The van der Waals surface area contributed by atoms with Gasteiger partial charge in [0.25, 0.3) is 0 Å². The highest BCUT2D eigenvalue weighted by Crippen LogP contribution is 2.48. The smallest absolute Gasteiger partial charge is 0.193 e. The van der Waals surface area contributed by atoms with E-state index in [0.29, 0.717) is 17.5 Å². The third-order valence-electron chi connectivity index (χ3n) is 5.69. The molecule has 2 N–H and O–H groups in total. The molecule has 1 fully saturated rings. The van der Waals surface area contributed by atoms with Gasteiger partial charge in [-0.15, -0.1) is 11.8 Å². The maximum atomic E-state index is 13.0. The zero-order chi connectivity index (χ0) is 21.7. The zero-order valence-electron chi connectivity index (χ0n) is 18.1. The highest BCUT2D eigenvalue weighted by Gasteiger charge is 2.44. The quantitative estimate of drug-likeness (QED) is 0.485. The van der Waals surface area contributed by atoms with Gasteiger partial charge in [0, 0.05) is 39.1 Å². The molecule has 1 unspecified atom stereocenters. The van der Waals surface area contributed by atoms with E-state index in [1.165, 1.54) is 0 Å². The molecular formula is C25H28N2O2S. The second-order valence-corrected chi connectivity index (χ2v) is 11.2. The molecule has 0 amide bonds. The minimum absolute atomic E-state index is 0.00170. The maximum absolute atomic E-state index is 13.0.